The van der Waals surface area contributed by atoms with Gasteiger partial charge in [0.25, 0.3) is 0 Å². The normalized spacial score (nSPS) is 15.0. The molecule has 0 aliphatic rings. The van der Waals surface area contributed by atoms with Crippen LogP contribution in [-0.2, 0) is 0 Å². The van der Waals surface area contributed by atoms with Crippen LogP contribution < -0.4 is 0 Å². The predicted octanol–water partition coefficient (Wildman–Crippen LogP) is 3.60. The van der Waals surface area contributed by atoms with Crippen molar-refractivity contribution in [3.05, 3.63) is 35.1 Å². The van der Waals surface area contributed by atoms with Gasteiger partial charge < -0.3 is 5.11 Å². The van der Waals surface area contributed by atoms with E-state index in [-0.39, 0.29) is 11.7 Å². The molecule has 0 amide bonds. The summed E-state index contributed by atoms with van der Waals surface area (Å²) < 4.78 is 13.5. The van der Waals surface area contributed by atoms with Gasteiger partial charge in [0.15, 0.2) is 0 Å². The second kappa shape index (κ2) is 5.26. The van der Waals surface area contributed by atoms with Crippen molar-refractivity contribution >= 4 is 0 Å². The van der Waals surface area contributed by atoms with E-state index in [1.165, 1.54) is 6.07 Å². The molecule has 0 fully saturated rings. The van der Waals surface area contributed by atoms with Crippen molar-refractivity contribution in [3.63, 3.8) is 0 Å². The van der Waals surface area contributed by atoms with E-state index >= 15 is 0 Å². The van der Waals surface area contributed by atoms with Crippen molar-refractivity contribution < 1.29 is 9.50 Å². The fourth-order valence-corrected chi connectivity index (χ4v) is 1.81. The summed E-state index contributed by atoms with van der Waals surface area (Å²) in [7, 11) is 0. The van der Waals surface area contributed by atoms with E-state index in [2.05, 4.69) is 6.92 Å². The molecule has 0 saturated heterocycles. The van der Waals surface area contributed by atoms with Gasteiger partial charge in [-0.15, -0.1) is 0 Å². The summed E-state index contributed by atoms with van der Waals surface area (Å²) in [5, 5.41) is 9.99. The summed E-state index contributed by atoms with van der Waals surface area (Å²) >= 11 is 0. The molecule has 0 radical (unpaired) electrons. The van der Waals surface area contributed by atoms with Crippen LogP contribution in [0.5, 0.6) is 0 Å². The molecule has 0 saturated carbocycles. The fraction of sp³-hybridized carbons (Fsp3) is 0.538. The Morgan fingerprint density at radius 1 is 1.40 bits per heavy atom. The van der Waals surface area contributed by atoms with Crippen molar-refractivity contribution in [2.75, 3.05) is 0 Å². The number of aliphatic hydroxyl groups excluding tert-OH is 1. The highest BCUT2D eigenvalue weighted by Crippen LogP contribution is 2.27. The highest BCUT2D eigenvalue weighted by Gasteiger charge is 2.18. The van der Waals surface area contributed by atoms with E-state index < -0.39 is 6.10 Å². The SMILES string of the molecule is CCCC(C)C(O)c1cc(C)ccc1F. The molecule has 0 bridgehead atoms. The van der Waals surface area contributed by atoms with Gasteiger partial charge in [0, 0.05) is 5.56 Å². The minimum atomic E-state index is -0.690. The molecule has 1 N–H and O–H groups in total. The van der Waals surface area contributed by atoms with Crippen molar-refractivity contribution in [2.45, 2.75) is 39.7 Å². The van der Waals surface area contributed by atoms with E-state index in [0.29, 0.717) is 5.56 Å². The molecule has 15 heavy (non-hydrogen) atoms. The first-order chi connectivity index (χ1) is 7.06. The first-order valence-electron chi connectivity index (χ1n) is 5.50. The van der Waals surface area contributed by atoms with Crippen LogP contribution in [0.2, 0.25) is 0 Å². The summed E-state index contributed by atoms with van der Waals surface area (Å²) in [6.07, 6.45) is 1.23. The van der Waals surface area contributed by atoms with Crippen LogP contribution in [0.15, 0.2) is 18.2 Å². The molecule has 1 aromatic rings. The predicted molar refractivity (Wildman–Crippen MR) is 60.2 cm³/mol. The minimum Gasteiger partial charge on any atom is -0.388 e. The van der Waals surface area contributed by atoms with Gasteiger partial charge in [-0.2, -0.15) is 0 Å². The maximum absolute atomic E-state index is 13.5. The number of aliphatic hydroxyl groups is 1. The Morgan fingerprint density at radius 3 is 2.67 bits per heavy atom. The van der Waals surface area contributed by atoms with Gasteiger partial charge in [0.2, 0.25) is 0 Å². The summed E-state index contributed by atoms with van der Waals surface area (Å²) in [6.45, 7) is 5.92. The highest BCUT2D eigenvalue weighted by atomic mass is 19.1. The molecular weight excluding hydrogens is 191 g/mol. The standard InChI is InChI=1S/C13H19FO/c1-4-5-10(3)13(15)11-8-9(2)6-7-12(11)14/h6-8,10,13,15H,4-5H2,1-3H3. The highest BCUT2D eigenvalue weighted by molar-refractivity contribution is 5.26. The van der Waals surface area contributed by atoms with Crippen LogP contribution in [0.1, 0.15) is 43.9 Å². The second-order valence-corrected chi connectivity index (χ2v) is 4.24. The summed E-state index contributed by atoms with van der Waals surface area (Å²) in [5.74, 6) is -0.206. The van der Waals surface area contributed by atoms with Gasteiger partial charge in [-0.05, 0) is 25.3 Å². The smallest absolute Gasteiger partial charge is 0.129 e. The van der Waals surface area contributed by atoms with Gasteiger partial charge in [0.1, 0.15) is 5.82 Å². The Morgan fingerprint density at radius 2 is 2.07 bits per heavy atom. The molecule has 1 nitrogen and oxygen atoms in total. The fourth-order valence-electron chi connectivity index (χ4n) is 1.81. The molecular formula is C13H19FO. The van der Waals surface area contributed by atoms with Gasteiger partial charge in [0.05, 0.1) is 6.10 Å². The topological polar surface area (TPSA) is 20.2 Å². The van der Waals surface area contributed by atoms with Gasteiger partial charge in [-0.3, -0.25) is 0 Å². The minimum absolute atomic E-state index is 0.103. The number of aryl methyl sites for hydroxylation is 1. The Balaban J connectivity index is 2.89. The zero-order valence-corrected chi connectivity index (χ0v) is 9.63. The Kier molecular flexibility index (Phi) is 4.28. The van der Waals surface area contributed by atoms with E-state index in [1.807, 2.05) is 13.8 Å². The third-order valence-corrected chi connectivity index (χ3v) is 2.75. The van der Waals surface area contributed by atoms with Crippen LogP contribution in [0.3, 0.4) is 0 Å². The van der Waals surface area contributed by atoms with E-state index in [9.17, 15) is 9.50 Å². The van der Waals surface area contributed by atoms with E-state index in [4.69, 9.17) is 0 Å². The quantitative estimate of drug-likeness (QED) is 0.805. The average molecular weight is 210 g/mol. The van der Waals surface area contributed by atoms with E-state index in [0.717, 1.165) is 18.4 Å². The van der Waals surface area contributed by atoms with Crippen LogP contribution in [0.4, 0.5) is 4.39 Å². The molecule has 0 heterocycles. The van der Waals surface area contributed by atoms with Crippen LogP contribution in [0, 0.1) is 18.7 Å². The number of hydrogen-bond acceptors (Lipinski definition) is 1. The van der Waals surface area contributed by atoms with Crippen LogP contribution >= 0.6 is 0 Å². The second-order valence-electron chi connectivity index (χ2n) is 4.24. The molecule has 2 heteroatoms. The molecule has 1 rings (SSSR count). The van der Waals surface area contributed by atoms with Crippen molar-refractivity contribution in [2.24, 2.45) is 5.92 Å². The molecule has 1 aromatic carbocycles. The monoisotopic (exact) mass is 210 g/mol. The summed E-state index contributed by atoms with van der Waals surface area (Å²) in [5.41, 5.74) is 1.41. The van der Waals surface area contributed by atoms with Gasteiger partial charge >= 0.3 is 0 Å². The van der Waals surface area contributed by atoms with Crippen molar-refractivity contribution in [1.29, 1.82) is 0 Å². The molecule has 0 aromatic heterocycles. The zero-order chi connectivity index (χ0) is 11.4. The maximum atomic E-state index is 13.5. The lowest BCUT2D eigenvalue weighted by molar-refractivity contribution is 0.108. The molecule has 0 aliphatic carbocycles. The maximum Gasteiger partial charge on any atom is 0.129 e. The lowest BCUT2D eigenvalue weighted by Gasteiger charge is -2.19. The summed E-state index contributed by atoms with van der Waals surface area (Å²) in [6, 6.07) is 4.87. The molecule has 2 atom stereocenters. The lowest BCUT2D eigenvalue weighted by Crippen LogP contribution is -2.11. The number of rotatable bonds is 4. The molecule has 2 unspecified atom stereocenters. The Labute approximate surface area is 90.9 Å². The first kappa shape index (κ1) is 12.2. The van der Waals surface area contributed by atoms with Crippen LogP contribution in [-0.4, -0.2) is 5.11 Å². The largest absolute Gasteiger partial charge is 0.388 e. The van der Waals surface area contributed by atoms with Crippen LogP contribution in [0.25, 0.3) is 0 Å². The number of halogens is 1. The average Bonchev–Trinajstić information content (AvgIpc) is 2.21. The van der Waals surface area contributed by atoms with Gasteiger partial charge in [-0.1, -0.05) is 38.0 Å². The zero-order valence-electron chi connectivity index (χ0n) is 9.63. The van der Waals surface area contributed by atoms with Crippen molar-refractivity contribution in [1.82, 2.24) is 0 Å². The Bertz CT molecular complexity index is 322. The third-order valence-electron chi connectivity index (χ3n) is 2.75. The molecule has 0 spiro atoms. The lowest BCUT2D eigenvalue weighted by atomic mass is 9.92. The number of hydrogen-bond donors (Lipinski definition) is 1. The Hall–Kier alpha value is -0.890. The molecule has 0 aliphatic heterocycles. The first-order valence-corrected chi connectivity index (χ1v) is 5.50. The van der Waals surface area contributed by atoms with Crippen molar-refractivity contribution in [3.8, 4) is 0 Å². The third kappa shape index (κ3) is 3.03. The van der Waals surface area contributed by atoms with E-state index in [1.54, 1.807) is 12.1 Å². The molecule has 84 valence electrons. The number of benzene rings is 1. The van der Waals surface area contributed by atoms with Gasteiger partial charge in [-0.25, -0.2) is 4.39 Å². The summed E-state index contributed by atoms with van der Waals surface area (Å²) in [4.78, 5) is 0.